The summed E-state index contributed by atoms with van der Waals surface area (Å²) in [6.07, 6.45) is 7.29. The number of fused-ring (bicyclic) bond motifs is 1. The highest BCUT2D eigenvalue weighted by molar-refractivity contribution is 6.36. The van der Waals surface area contributed by atoms with Crippen LogP contribution in [-0.4, -0.2) is 22.0 Å². The van der Waals surface area contributed by atoms with Gasteiger partial charge in [-0.3, -0.25) is 4.79 Å². The molecular weight excluding hydrogens is 417 g/mol. The average Bonchev–Trinajstić information content (AvgIpc) is 3.11. The van der Waals surface area contributed by atoms with E-state index in [0.717, 1.165) is 48.1 Å². The standard InChI is InChI=1S/C24H27Cl2N3O/c25-19-10-6-11-20(26)18(19)16-29-22-13-5-4-12-21(22)28-23(29)14-7-15-27-24(30)17-8-2-1-3-9-17/h4-6,10-13,17H,1-3,7-9,14-16H2,(H,27,30). The number of carbonyl (C=O) groups excluding carboxylic acids is 1. The molecule has 0 radical (unpaired) electrons. The normalized spacial score (nSPS) is 14.9. The monoisotopic (exact) mass is 443 g/mol. The van der Waals surface area contributed by atoms with Gasteiger partial charge in [0.15, 0.2) is 0 Å². The molecule has 1 amide bonds. The topological polar surface area (TPSA) is 46.9 Å². The Morgan fingerprint density at radius 2 is 1.77 bits per heavy atom. The van der Waals surface area contributed by atoms with E-state index in [9.17, 15) is 4.79 Å². The van der Waals surface area contributed by atoms with Gasteiger partial charge in [-0.15, -0.1) is 0 Å². The van der Waals surface area contributed by atoms with Crippen LogP contribution < -0.4 is 5.32 Å². The van der Waals surface area contributed by atoms with Crippen LogP contribution in [0.1, 0.15) is 49.9 Å². The van der Waals surface area contributed by atoms with Crippen LogP contribution in [0.4, 0.5) is 0 Å². The molecule has 30 heavy (non-hydrogen) atoms. The van der Waals surface area contributed by atoms with Crippen LogP contribution in [0.5, 0.6) is 0 Å². The Balaban J connectivity index is 1.46. The lowest BCUT2D eigenvalue weighted by Gasteiger charge is -2.20. The molecule has 1 aliphatic carbocycles. The number of hydrogen-bond acceptors (Lipinski definition) is 2. The van der Waals surface area contributed by atoms with Gasteiger partial charge in [-0.05, 0) is 43.5 Å². The second-order valence-corrected chi connectivity index (χ2v) is 8.85. The first-order chi connectivity index (χ1) is 14.6. The van der Waals surface area contributed by atoms with E-state index in [1.165, 1.54) is 19.3 Å². The minimum Gasteiger partial charge on any atom is -0.356 e. The number of aromatic nitrogens is 2. The summed E-state index contributed by atoms with van der Waals surface area (Å²) in [5.74, 6) is 1.40. The van der Waals surface area contributed by atoms with Crippen molar-refractivity contribution < 1.29 is 4.79 Å². The first kappa shape index (κ1) is 21.2. The fourth-order valence-electron chi connectivity index (χ4n) is 4.30. The van der Waals surface area contributed by atoms with Crippen LogP contribution in [0.2, 0.25) is 10.0 Å². The zero-order valence-corrected chi connectivity index (χ0v) is 18.6. The number of imidazole rings is 1. The third-order valence-corrected chi connectivity index (χ3v) is 6.67. The van der Waals surface area contributed by atoms with Gasteiger partial charge in [-0.25, -0.2) is 4.98 Å². The predicted octanol–water partition coefficient (Wildman–Crippen LogP) is 6.02. The second kappa shape index (κ2) is 9.84. The van der Waals surface area contributed by atoms with Crippen molar-refractivity contribution in [2.24, 2.45) is 5.92 Å². The Morgan fingerprint density at radius 3 is 2.53 bits per heavy atom. The molecule has 0 saturated heterocycles. The minimum absolute atomic E-state index is 0.200. The number of hydrogen-bond donors (Lipinski definition) is 1. The van der Waals surface area contributed by atoms with Crippen molar-refractivity contribution in [2.45, 2.75) is 51.5 Å². The molecule has 0 aliphatic heterocycles. The maximum atomic E-state index is 12.4. The molecule has 1 saturated carbocycles. The smallest absolute Gasteiger partial charge is 0.223 e. The summed E-state index contributed by atoms with van der Waals surface area (Å²) >= 11 is 12.8. The SMILES string of the molecule is O=C(NCCCc1nc2ccccc2n1Cc1c(Cl)cccc1Cl)C1CCCCC1. The van der Waals surface area contributed by atoms with Crippen LogP contribution in [0, 0.1) is 5.92 Å². The Kier molecular flexibility index (Phi) is 6.96. The van der Waals surface area contributed by atoms with E-state index in [1.807, 2.05) is 36.4 Å². The van der Waals surface area contributed by atoms with Gasteiger partial charge in [0.2, 0.25) is 5.91 Å². The number of nitrogens with zero attached hydrogens (tertiary/aromatic N) is 2. The van der Waals surface area contributed by atoms with Crippen molar-refractivity contribution in [1.82, 2.24) is 14.9 Å². The molecule has 0 atom stereocenters. The summed E-state index contributed by atoms with van der Waals surface area (Å²) < 4.78 is 2.19. The van der Waals surface area contributed by atoms with Gasteiger partial charge in [0.25, 0.3) is 0 Å². The van der Waals surface area contributed by atoms with Crippen LogP contribution >= 0.6 is 23.2 Å². The number of nitrogens with one attached hydrogen (secondary N) is 1. The molecule has 4 nitrogen and oxygen atoms in total. The molecule has 0 bridgehead atoms. The fraction of sp³-hybridized carbons (Fsp3) is 0.417. The summed E-state index contributed by atoms with van der Waals surface area (Å²) in [4.78, 5) is 17.2. The van der Waals surface area contributed by atoms with Crippen LogP contribution in [-0.2, 0) is 17.8 Å². The largest absolute Gasteiger partial charge is 0.356 e. The fourth-order valence-corrected chi connectivity index (χ4v) is 4.82. The molecule has 1 aliphatic rings. The lowest BCUT2D eigenvalue weighted by Crippen LogP contribution is -2.32. The summed E-state index contributed by atoms with van der Waals surface area (Å²) in [7, 11) is 0. The zero-order valence-electron chi connectivity index (χ0n) is 17.0. The van der Waals surface area contributed by atoms with Gasteiger partial charge in [0.1, 0.15) is 5.82 Å². The molecule has 158 valence electrons. The van der Waals surface area contributed by atoms with Gasteiger partial charge in [0.05, 0.1) is 17.6 Å². The zero-order chi connectivity index (χ0) is 20.9. The molecular formula is C24H27Cl2N3O. The third-order valence-electron chi connectivity index (χ3n) is 5.96. The molecule has 6 heteroatoms. The van der Waals surface area contributed by atoms with Gasteiger partial charge < -0.3 is 9.88 Å². The maximum absolute atomic E-state index is 12.4. The van der Waals surface area contributed by atoms with Crippen LogP contribution in [0.25, 0.3) is 11.0 Å². The maximum Gasteiger partial charge on any atom is 0.223 e. The van der Waals surface area contributed by atoms with E-state index in [4.69, 9.17) is 28.2 Å². The van der Waals surface area contributed by atoms with Gasteiger partial charge in [-0.1, -0.05) is 60.7 Å². The van der Waals surface area contributed by atoms with Gasteiger partial charge in [0, 0.05) is 34.5 Å². The lowest BCUT2D eigenvalue weighted by molar-refractivity contribution is -0.125. The third kappa shape index (κ3) is 4.81. The highest BCUT2D eigenvalue weighted by Crippen LogP contribution is 2.28. The molecule has 0 unspecified atom stereocenters. The van der Waals surface area contributed by atoms with E-state index in [0.29, 0.717) is 23.1 Å². The van der Waals surface area contributed by atoms with E-state index < -0.39 is 0 Å². The molecule has 1 aromatic heterocycles. The Labute approximate surface area is 187 Å². The van der Waals surface area contributed by atoms with Crippen LogP contribution in [0.15, 0.2) is 42.5 Å². The highest BCUT2D eigenvalue weighted by atomic mass is 35.5. The summed E-state index contributed by atoms with van der Waals surface area (Å²) in [5, 5.41) is 4.44. The molecule has 4 rings (SSSR count). The van der Waals surface area contributed by atoms with Crippen LogP contribution in [0.3, 0.4) is 0 Å². The molecule has 1 N–H and O–H groups in total. The number of rotatable bonds is 7. The van der Waals surface area contributed by atoms with E-state index >= 15 is 0 Å². The summed E-state index contributed by atoms with van der Waals surface area (Å²) in [6.45, 7) is 1.24. The first-order valence-corrected chi connectivity index (χ1v) is 11.5. The highest BCUT2D eigenvalue weighted by Gasteiger charge is 2.20. The van der Waals surface area contributed by atoms with E-state index in [1.54, 1.807) is 0 Å². The Bertz CT molecular complexity index is 1000. The lowest BCUT2D eigenvalue weighted by atomic mass is 9.89. The molecule has 1 fully saturated rings. The quantitative estimate of drug-likeness (QED) is 0.453. The summed E-state index contributed by atoms with van der Waals surface area (Å²) in [6, 6.07) is 13.7. The van der Waals surface area contributed by atoms with Gasteiger partial charge >= 0.3 is 0 Å². The van der Waals surface area contributed by atoms with Crippen molar-refractivity contribution in [2.75, 3.05) is 6.54 Å². The van der Waals surface area contributed by atoms with Crippen molar-refractivity contribution in [3.63, 3.8) is 0 Å². The van der Waals surface area contributed by atoms with Crippen molar-refractivity contribution in [1.29, 1.82) is 0 Å². The number of benzene rings is 2. The minimum atomic E-state index is 0.200. The van der Waals surface area contributed by atoms with E-state index in [2.05, 4.69) is 16.0 Å². The number of carbonyl (C=O) groups is 1. The second-order valence-electron chi connectivity index (χ2n) is 8.03. The molecule has 0 spiro atoms. The predicted molar refractivity (Wildman–Crippen MR) is 123 cm³/mol. The number of para-hydroxylation sites is 2. The van der Waals surface area contributed by atoms with Crippen molar-refractivity contribution in [3.05, 3.63) is 63.9 Å². The van der Waals surface area contributed by atoms with Crippen molar-refractivity contribution in [3.8, 4) is 0 Å². The van der Waals surface area contributed by atoms with E-state index in [-0.39, 0.29) is 11.8 Å². The Morgan fingerprint density at radius 1 is 1.03 bits per heavy atom. The first-order valence-electron chi connectivity index (χ1n) is 10.8. The Hall–Kier alpha value is -2.04. The number of amides is 1. The molecule has 3 aromatic rings. The van der Waals surface area contributed by atoms with Gasteiger partial charge in [-0.2, -0.15) is 0 Å². The molecule has 2 aromatic carbocycles. The molecule has 1 heterocycles. The number of aryl methyl sites for hydroxylation is 1. The van der Waals surface area contributed by atoms with Crippen molar-refractivity contribution >= 4 is 40.1 Å². The average molecular weight is 444 g/mol. The summed E-state index contributed by atoms with van der Waals surface area (Å²) in [5.41, 5.74) is 2.92. The number of halogens is 2.